The van der Waals surface area contributed by atoms with Gasteiger partial charge in [-0.15, -0.1) is 0 Å². The third-order valence-electron chi connectivity index (χ3n) is 5.84. The fourth-order valence-electron chi connectivity index (χ4n) is 4.04. The molecule has 0 radical (unpaired) electrons. The van der Waals surface area contributed by atoms with Crippen LogP contribution >= 0.6 is 0 Å². The van der Waals surface area contributed by atoms with Crippen molar-refractivity contribution in [3.8, 4) is 5.69 Å². The third-order valence-corrected chi connectivity index (χ3v) is 5.84. The Morgan fingerprint density at radius 3 is 2.61 bits per heavy atom. The number of benzene rings is 2. The van der Waals surface area contributed by atoms with Gasteiger partial charge in [0, 0.05) is 37.9 Å². The number of hydrogen-bond donors (Lipinski definition) is 1. The molecule has 0 aliphatic carbocycles. The molecule has 3 heterocycles. The summed E-state index contributed by atoms with van der Waals surface area (Å²) in [5.74, 6) is 0.188. The lowest BCUT2D eigenvalue weighted by atomic mass is 9.96. The van der Waals surface area contributed by atoms with Crippen molar-refractivity contribution in [1.82, 2.24) is 20.1 Å². The lowest BCUT2D eigenvalue weighted by Gasteiger charge is -2.30. The summed E-state index contributed by atoms with van der Waals surface area (Å²) in [5, 5.41) is 7.34. The molecule has 31 heavy (non-hydrogen) atoms. The van der Waals surface area contributed by atoms with Crippen LogP contribution in [-0.4, -0.2) is 40.3 Å². The van der Waals surface area contributed by atoms with Gasteiger partial charge in [-0.05, 0) is 55.2 Å². The average Bonchev–Trinajstić information content (AvgIpc) is 3.50. The molecule has 1 saturated heterocycles. The molecule has 158 valence electrons. The molecule has 4 aromatic rings. The number of rotatable bonds is 6. The number of aromatic nitrogens is 3. The van der Waals surface area contributed by atoms with E-state index in [1.807, 2.05) is 53.3 Å². The fourth-order valence-corrected chi connectivity index (χ4v) is 4.04. The highest BCUT2D eigenvalue weighted by atomic mass is 16.4. The van der Waals surface area contributed by atoms with E-state index in [1.54, 1.807) is 6.20 Å². The first-order chi connectivity index (χ1) is 15.3. The van der Waals surface area contributed by atoms with Gasteiger partial charge in [0.2, 0.25) is 5.91 Å². The molecule has 1 fully saturated rings. The third kappa shape index (κ3) is 4.30. The van der Waals surface area contributed by atoms with Crippen molar-refractivity contribution < 1.29 is 9.21 Å². The first-order valence-corrected chi connectivity index (χ1v) is 10.7. The molecule has 0 spiro atoms. The van der Waals surface area contributed by atoms with E-state index in [-0.39, 0.29) is 11.8 Å². The van der Waals surface area contributed by atoms with Crippen molar-refractivity contribution >= 4 is 23.0 Å². The second kappa shape index (κ2) is 8.63. The van der Waals surface area contributed by atoms with Crippen LogP contribution in [0.1, 0.15) is 18.4 Å². The smallest absolute Gasteiger partial charge is 0.298 e. The van der Waals surface area contributed by atoms with Crippen molar-refractivity contribution in [3.05, 3.63) is 72.6 Å². The van der Waals surface area contributed by atoms with Crippen LogP contribution in [0.3, 0.4) is 0 Å². The van der Waals surface area contributed by atoms with Gasteiger partial charge in [-0.3, -0.25) is 4.79 Å². The van der Waals surface area contributed by atoms with Gasteiger partial charge in [0.15, 0.2) is 5.58 Å². The predicted octanol–water partition coefficient (Wildman–Crippen LogP) is 3.59. The summed E-state index contributed by atoms with van der Waals surface area (Å²) in [6.07, 6.45) is 6.12. The average molecular weight is 415 g/mol. The van der Waals surface area contributed by atoms with E-state index in [0.29, 0.717) is 12.6 Å². The summed E-state index contributed by atoms with van der Waals surface area (Å²) in [7, 11) is 0. The van der Waals surface area contributed by atoms with Gasteiger partial charge in [-0.25, -0.2) is 4.68 Å². The molecule has 1 amide bonds. The molecular formula is C24H25N5O2. The van der Waals surface area contributed by atoms with Gasteiger partial charge in [-0.2, -0.15) is 10.1 Å². The molecule has 7 heteroatoms. The number of para-hydroxylation sites is 2. The maximum absolute atomic E-state index is 12.6. The number of nitrogens with zero attached hydrogens (tertiary/aromatic N) is 4. The van der Waals surface area contributed by atoms with Crippen LogP contribution in [0.15, 0.2) is 71.4 Å². The SMILES string of the molecule is O=C(NCCc1ccc(-n2cccn2)cc1)C1CCN(c2nc3ccccc3o2)CC1. The van der Waals surface area contributed by atoms with Gasteiger partial charge in [0.05, 0.1) is 5.69 Å². The second-order valence-corrected chi connectivity index (χ2v) is 7.88. The number of fused-ring (bicyclic) bond motifs is 1. The molecule has 1 aliphatic heterocycles. The summed E-state index contributed by atoms with van der Waals surface area (Å²) in [6.45, 7) is 2.20. The number of carbonyl (C=O) groups is 1. The van der Waals surface area contributed by atoms with Crippen LogP contribution in [0.2, 0.25) is 0 Å². The minimum atomic E-state index is 0.0443. The van der Waals surface area contributed by atoms with Gasteiger partial charge in [0.25, 0.3) is 6.01 Å². The predicted molar refractivity (Wildman–Crippen MR) is 119 cm³/mol. The molecule has 0 bridgehead atoms. The van der Waals surface area contributed by atoms with E-state index < -0.39 is 0 Å². The normalized spacial score (nSPS) is 14.8. The Kier molecular flexibility index (Phi) is 5.39. The maximum atomic E-state index is 12.6. The molecular weight excluding hydrogens is 390 g/mol. The Morgan fingerprint density at radius 2 is 1.87 bits per heavy atom. The largest absolute Gasteiger partial charge is 0.423 e. The molecule has 1 aliphatic rings. The number of carbonyl (C=O) groups excluding carboxylic acids is 1. The summed E-state index contributed by atoms with van der Waals surface area (Å²) >= 11 is 0. The van der Waals surface area contributed by atoms with Crippen molar-refractivity contribution in [2.24, 2.45) is 5.92 Å². The lowest BCUT2D eigenvalue weighted by molar-refractivity contribution is -0.125. The number of anilines is 1. The molecule has 2 aromatic carbocycles. The van der Waals surface area contributed by atoms with Crippen LogP contribution in [0.5, 0.6) is 0 Å². The quantitative estimate of drug-likeness (QED) is 0.521. The van der Waals surface area contributed by atoms with E-state index in [2.05, 4.69) is 32.4 Å². The van der Waals surface area contributed by atoms with Crippen LogP contribution in [-0.2, 0) is 11.2 Å². The number of hydrogen-bond acceptors (Lipinski definition) is 5. The van der Waals surface area contributed by atoms with E-state index in [1.165, 1.54) is 5.56 Å². The van der Waals surface area contributed by atoms with Crippen LogP contribution in [0.4, 0.5) is 6.01 Å². The van der Waals surface area contributed by atoms with E-state index in [0.717, 1.165) is 49.1 Å². The van der Waals surface area contributed by atoms with Crippen molar-refractivity contribution in [3.63, 3.8) is 0 Å². The van der Waals surface area contributed by atoms with Crippen LogP contribution in [0.25, 0.3) is 16.8 Å². The summed E-state index contributed by atoms with van der Waals surface area (Å²) < 4.78 is 7.69. The first-order valence-electron chi connectivity index (χ1n) is 10.7. The van der Waals surface area contributed by atoms with Crippen LogP contribution in [0, 0.1) is 5.92 Å². The summed E-state index contributed by atoms with van der Waals surface area (Å²) in [5.41, 5.74) is 3.90. The highest BCUT2D eigenvalue weighted by Crippen LogP contribution is 2.26. The summed E-state index contributed by atoms with van der Waals surface area (Å²) in [4.78, 5) is 19.3. The first kappa shape index (κ1) is 19.4. The van der Waals surface area contributed by atoms with Gasteiger partial charge < -0.3 is 14.6 Å². The Balaban J connectivity index is 1.08. The van der Waals surface area contributed by atoms with Crippen molar-refractivity contribution in [2.45, 2.75) is 19.3 Å². The number of amides is 1. The Morgan fingerprint density at radius 1 is 1.06 bits per heavy atom. The standard InChI is InChI=1S/C24H25N5O2/c30-23(25-14-10-18-6-8-20(9-7-18)29-15-3-13-26-29)19-11-16-28(17-12-19)24-27-21-4-1-2-5-22(21)31-24/h1-9,13,15,19H,10-12,14,16-17H2,(H,25,30). The number of oxazole rings is 1. The zero-order valence-electron chi connectivity index (χ0n) is 17.3. The molecule has 7 nitrogen and oxygen atoms in total. The lowest BCUT2D eigenvalue weighted by Crippen LogP contribution is -2.41. The Hall–Kier alpha value is -3.61. The molecule has 0 unspecified atom stereocenters. The molecule has 0 atom stereocenters. The van der Waals surface area contributed by atoms with Gasteiger partial charge in [-0.1, -0.05) is 24.3 Å². The minimum absolute atomic E-state index is 0.0443. The number of nitrogens with one attached hydrogen (secondary N) is 1. The van der Waals surface area contributed by atoms with E-state index in [9.17, 15) is 4.79 Å². The monoisotopic (exact) mass is 415 g/mol. The van der Waals surface area contributed by atoms with Gasteiger partial charge >= 0.3 is 0 Å². The molecule has 1 N–H and O–H groups in total. The van der Waals surface area contributed by atoms with E-state index in [4.69, 9.17) is 4.42 Å². The van der Waals surface area contributed by atoms with Crippen LogP contribution < -0.4 is 10.2 Å². The van der Waals surface area contributed by atoms with E-state index >= 15 is 0 Å². The second-order valence-electron chi connectivity index (χ2n) is 7.88. The van der Waals surface area contributed by atoms with Crippen molar-refractivity contribution in [1.29, 1.82) is 0 Å². The van der Waals surface area contributed by atoms with Gasteiger partial charge in [0.1, 0.15) is 5.52 Å². The molecule has 5 rings (SSSR count). The fraction of sp³-hybridized carbons (Fsp3) is 0.292. The molecule has 0 saturated carbocycles. The molecule has 2 aromatic heterocycles. The Bertz CT molecular complexity index is 1110. The highest BCUT2D eigenvalue weighted by molar-refractivity contribution is 5.79. The summed E-state index contributed by atoms with van der Waals surface area (Å²) in [6, 6.07) is 18.6. The number of piperidine rings is 1. The zero-order chi connectivity index (χ0) is 21.0. The minimum Gasteiger partial charge on any atom is -0.423 e. The Labute approximate surface area is 180 Å². The topological polar surface area (TPSA) is 76.2 Å². The van der Waals surface area contributed by atoms with Crippen molar-refractivity contribution in [2.75, 3.05) is 24.5 Å². The highest BCUT2D eigenvalue weighted by Gasteiger charge is 2.27. The zero-order valence-corrected chi connectivity index (χ0v) is 17.3. The maximum Gasteiger partial charge on any atom is 0.298 e.